The first-order valence-electron chi connectivity index (χ1n) is 9.04. The summed E-state index contributed by atoms with van der Waals surface area (Å²) >= 11 is 0. The van der Waals surface area contributed by atoms with Gasteiger partial charge < -0.3 is 21.3 Å². The number of anilines is 1. The molecular weight excluding hydrogens is 340 g/mol. The van der Waals surface area contributed by atoms with Crippen LogP contribution in [0.4, 0.5) is 10.5 Å². The number of hydrogen-bond donors (Lipinski definition) is 3. The van der Waals surface area contributed by atoms with E-state index in [1.165, 1.54) is 0 Å². The fourth-order valence-electron chi connectivity index (χ4n) is 2.88. The van der Waals surface area contributed by atoms with Crippen LogP contribution in [-0.4, -0.2) is 31.6 Å². The number of carbonyl (C=O) groups excluding carboxylic acids is 2. The van der Waals surface area contributed by atoms with Gasteiger partial charge in [-0.3, -0.25) is 4.79 Å². The van der Waals surface area contributed by atoms with Crippen LogP contribution in [0.1, 0.15) is 30.5 Å². The summed E-state index contributed by atoms with van der Waals surface area (Å²) in [5, 5.41) is 5.61. The molecule has 0 radical (unpaired) electrons. The summed E-state index contributed by atoms with van der Waals surface area (Å²) in [5.74, 6) is -0.136. The van der Waals surface area contributed by atoms with Gasteiger partial charge in [-0.2, -0.15) is 0 Å². The molecule has 0 heterocycles. The van der Waals surface area contributed by atoms with Gasteiger partial charge in [-0.25, -0.2) is 4.79 Å². The molecule has 2 atom stereocenters. The lowest BCUT2D eigenvalue weighted by atomic mass is 10.0. The quantitative estimate of drug-likeness (QED) is 0.669. The Bertz CT molecular complexity index is 764. The average molecular weight is 368 g/mol. The van der Waals surface area contributed by atoms with Gasteiger partial charge in [0.25, 0.3) is 0 Å². The lowest BCUT2D eigenvalue weighted by Crippen LogP contribution is -2.42. The van der Waals surface area contributed by atoms with E-state index < -0.39 is 12.1 Å². The zero-order valence-electron chi connectivity index (χ0n) is 16.1. The van der Waals surface area contributed by atoms with Crippen molar-refractivity contribution in [2.75, 3.05) is 18.5 Å². The standard InChI is InChI=1S/C21H28N4O2/c1-15-8-7-9-17(12-15)19(24-21(22)27)13-20(26)23-14-16(2)25(3)18-10-5-4-6-11-18/h4-12,16,19H,13-14H2,1-3H3,(H,23,26)(H3,22,24,27)/t16-,19+/m1/s1. The number of rotatable bonds is 8. The molecule has 0 aliphatic carbocycles. The molecule has 0 spiro atoms. The van der Waals surface area contributed by atoms with Crippen LogP contribution in [0.25, 0.3) is 0 Å². The molecule has 27 heavy (non-hydrogen) atoms. The SMILES string of the molecule is Cc1cccc([C@H](CC(=O)NC[C@@H](C)N(C)c2ccccc2)NC(N)=O)c1. The predicted octanol–water partition coefficient (Wildman–Crippen LogP) is 2.74. The zero-order chi connectivity index (χ0) is 19.8. The molecule has 4 N–H and O–H groups in total. The molecule has 0 unspecified atom stereocenters. The summed E-state index contributed by atoms with van der Waals surface area (Å²) in [6, 6.07) is 16.7. The fourth-order valence-corrected chi connectivity index (χ4v) is 2.88. The van der Waals surface area contributed by atoms with Crippen molar-refractivity contribution >= 4 is 17.6 Å². The fraction of sp³-hybridized carbons (Fsp3) is 0.333. The number of aryl methyl sites for hydroxylation is 1. The maximum absolute atomic E-state index is 12.4. The Morgan fingerprint density at radius 3 is 2.44 bits per heavy atom. The minimum absolute atomic E-state index is 0.123. The number of amides is 3. The smallest absolute Gasteiger partial charge is 0.312 e. The summed E-state index contributed by atoms with van der Waals surface area (Å²) in [7, 11) is 2.00. The number of nitrogens with one attached hydrogen (secondary N) is 2. The number of nitrogens with zero attached hydrogens (tertiary/aromatic N) is 1. The van der Waals surface area contributed by atoms with Crippen LogP contribution in [0.15, 0.2) is 54.6 Å². The number of para-hydroxylation sites is 1. The van der Waals surface area contributed by atoms with E-state index in [9.17, 15) is 9.59 Å². The third kappa shape index (κ3) is 6.33. The predicted molar refractivity (Wildman–Crippen MR) is 109 cm³/mol. The van der Waals surface area contributed by atoms with Crippen LogP contribution >= 0.6 is 0 Å². The number of hydrogen-bond acceptors (Lipinski definition) is 3. The van der Waals surface area contributed by atoms with Crippen LogP contribution in [0, 0.1) is 6.92 Å². The van der Waals surface area contributed by atoms with Crippen LogP contribution in [0.2, 0.25) is 0 Å². The van der Waals surface area contributed by atoms with Crippen molar-refractivity contribution in [2.24, 2.45) is 5.73 Å². The highest BCUT2D eigenvalue weighted by Gasteiger charge is 2.18. The second-order valence-corrected chi connectivity index (χ2v) is 6.78. The molecule has 3 amide bonds. The van der Waals surface area contributed by atoms with Crippen LogP contribution in [0.3, 0.4) is 0 Å². The summed E-state index contributed by atoms with van der Waals surface area (Å²) in [6.45, 7) is 4.51. The van der Waals surface area contributed by atoms with E-state index in [-0.39, 0.29) is 18.4 Å². The Morgan fingerprint density at radius 1 is 1.11 bits per heavy atom. The molecule has 144 valence electrons. The van der Waals surface area contributed by atoms with Crippen molar-refractivity contribution in [3.63, 3.8) is 0 Å². The minimum Gasteiger partial charge on any atom is -0.370 e. The number of carbonyl (C=O) groups is 2. The highest BCUT2D eigenvalue weighted by Crippen LogP contribution is 2.18. The molecule has 0 aliphatic heterocycles. The Morgan fingerprint density at radius 2 is 1.81 bits per heavy atom. The van der Waals surface area contributed by atoms with Crippen LogP contribution < -0.4 is 21.3 Å². The number of benzene rings is 2. The Balaban J connectivity index is 1.94. The van der Waals surface area contributed by atoms with Crippen LogP contribution in [0.5, 0.6) is 0 Å². The Kier molecular flexibility index (Phi) is 7.23. The minimum atomic E-state index is -0.647. The van der Waals surface area contributed by atoms with Gasteiger partial charge in [0.2, 0.25) is 5.91 Å². The lowest BCUT2D eigenvalue weighted by molar-refractivity contribution is -0.121. The first-order valence-corrected chi connectivity index (χ1v) is 9.04. The van der Waals surface area contributed by atoms with Crippen molar-refractivity contribution in [2.45, 2.75) is 32.4 Å². The molecule has 0 aliphatic rings. The van der Waals surface area contributed by atoms with Gasteiger partial charge in [-0.05, 0) is 31.5 Å². The highest BCUT2D eigenvalue weighted by atomic mass is 16.2. The molecule has 0 aromatic heterocycles. The van der Waals surface area contributed by atoms with Gasteiger partial charge in [-0.15, -0.1) is 0 Å². The number of primary amides is 1. The second-order valence-electron chi connectivity index (χ2n) is 6.78. The van der Waals surface area contributed by atoms with Gasteiger partial charge in [0.15, 0.2) is 0 Å². The largest absolute Gasteiger partial charge is 0.370 e. The number of nitrogens with two attached hydrogens (primary N) is 1. The van der Waals surface area contributed by atoms with E-state index in [0.717, 1.165) is 16.8 Å². The first kappa shape index (κ1) is 20.3. The molecule has 0 saturated heterocycles. The molecular formula is C21H28N4O2. The van der Waals surface area contributed by atoms with Crippen molar-refractivity contribution in [3.05, 3.63) is 65.7 Å². The highest BCUT2D eigenvalue weighted by molar-refractivity contribution is 5.78. The molecule has 2 rings (SSSR count). The molecule has 6 nitrogen and oxygen atoms in total. The zero-order valence-corrected chi connectivity index (χ0v) is 16.1. The van der Waals surface area contributed by atoms with Crippen molar-refractivity contribution in [1.29, 1.82) is 0 Å². The molecule has 6 heteroatoms. The van der Waals surface area contributed by atoms with E-state index >= 15 is 0 Å². The van der Waals surface area contributed by atoms with Crippen LogP contribution in [-0.2, 0) is 4.79 Å². The van der Waals surface area contributed by atoms with Gasteiger partial charge in [0.1, 0.15) is 0 Å². The molecule has 0 fully saturated rings. The summed E-state index contributed by atoms with van der Waals surface area (Å²) in [6.07, 6.45) is 0.133. The normalized spacial score (nSPS) is 12.7. The third-order valence-electron chi connectivity index (χ3n) is 4.57. The van der Waals surface area contributed by atoms with E-state index in [0.29, 0.717) is 6.54 Å². The maximum atomic E-state index is 12.4. The molecule has 0 bridgehead atoms. The summed E-state index contributed by atoms with van der Waals surface area (Å²) in [5.41, 5.74) is 8.29. The van der Waals surface area contributed by atoms with E-state index in [1.54, 1.807) is 0 Å². The molecule has 2 aromatic rings. The van der Waals surface area contributed by atoms with E-state index in [2.05, 4.69) is 15.5 Å². The van der Waals surface area contributed by atoms with Gasteiger partial charge >= 0.3 is 6.03 Å². The maximum Gasteiger partial charge on any atom is 0.312 e. The number of likely N-dealkylation sites (N-methyl/N-ethyl adjacent to an activating group) is 1. The van der Waals surface area contributed by atoms with Gasteiger partial charge in [0.05, 0.1) is 12.5 Å². The summed E-state index contributed by atoms with van der Waals surface area (Å²) < 4.78 is 0. The molecule has 2 aromatic carbocycles. The Labute approximate surface area is 160 Å². The average Bonchev–Trinajstić information content (AvgIpc) is 2.65. The number of urea groups is 1. The lowest BCUT2D eigenvalue weighted by Gasteiger charge is -2.27. The van der Waals surface area contributed by atoms with E-state index in [1.807, 2.05) is 75.5 Å². The third-order valence-corrected chi connectivity index (χ3v) is 4.57. The van der Waals surface area contributed by atoms with Crippen molar-refractivity contribution in [1.82, 2.24) is 10.6 Å². The monoisotopic (exact) mass is 368 g/mol. The summed E-state index contributed by atoms with van der Waals surface area (Å²) in [4.78, 5) is 25.9. The second kappa shape index (κ2) is 9.62. The first-order chi connectivity index (χ1) is 12.9. The Hall–Kier alpha value is -3.02. The van der Waals surface area contributed by atoms with Crippen molar-refractivity contribution < 1.29 is 9.59 Å². The molecule has 0 saturated carbocycles. The van der Waals surface area contributed by atoms with E-state index in [4.69, 9.17) is 5.73 Å². The van der Waals surface area contributed by atoms with Crippen molar-refractivity contribution in [3.8, 4) is 0 Å². The van der Waals surface area contributed by atoms with Gasteiger partial charge in [0, 0.05) is 25.3 Å². The van der Waals surface area contributed by atoms with Gasteiger partial charge in [-0.1, -0.05) is 48.0 Å². The topological polar surface area (TPSA) is 87.5 Å².